The molecule has 1 rings (SSSR count). The molecule has 5 heteroatoms. The molecule has 0 amide bonds. The van der Waals surface area contributed by atoms with Gasteiger partial charge < -0.3 is 11.1 Å². The monoisotopic (exact) mass is 223 g/mol. The molecule has 1 aromatic rings. The van der Waals surface area contributed by atoms with Gasteiger partial charge in [-0.3, -0.25) is 10.1 Å². The van der Waals surface area contributed by atoms with E-state index in [9.17, 15) is 10.1 Å². The average molecular weight is 223 g/mol. The number of para-hydroxylation sites is 1. The van der Waals surface area contributed by atoms with E-state index in [0.29, 0.717) is 18.2 Å². The van der Waals surface area contributed by atoms with Gasteiger partial charge >= 0.3 is 5.69 Å². The van der Waals surface area contributed by atoms with Crippen LogP contribution in [0, 0.1) is 16.0 Å². The van der Waals surface area contributed by atoms with E-state index in [-0.39, 0.29) is 11.4 Å². The highest BCUT2D eigenvalue weighted by Crippen LogP contribution is 2.30. The Balaban J connectivity index is 2.87. The molecule has 0 bridgehead atoms. The predicted molar refractivity (Wildman–Crippen MR) is 65.5 cm³/mol. The van der Waals surface area contributed by atoms with Gasteiger partial charge in [-0.1, -0.05) is 26.3 Å². The topological polar surface area (TPSA) is 81.2 Å². The highest BCUT2D eigenvalue weighted by molar-refractivity contribution is 5.74. The van der Waals surface area contributed by atoms with Crippen molar-refractivity contribution < 1.29 is 4.92 Å². The Morgan fingerprint density at radius 2 is 2.25 bits per heavy atom. The molecule has 0 aliphatic carbocycles. The van der Waals surface area contributed by atoms with E-state index in [1.54, 1.807) is 12.1 Å². The van der Waals surface area contributed by atoms with Crippen LogP contribution in [0.25, 0.3) is 0 Å². The number of nitrogens with one attached hydrogen (secondary N) is 1. The molecule has 0 radical (unpaired) electrons. The standard InChI is InChI=1S/C11H17N3O2/c1-3-8(2)7-13-10-6-4-5-9(12)11(10)14(15)16/h4-6,8,13H,3,7,12H2,1-2H3. The van der Waals surface area contributed by atoms with Gasteiger partial charge in [-0.05, 0) is 18.1 Å². The smallest absolute Gasteiger partial charge is 0.314 e. The molecule has 16 heavy (non-hydrogen) atoms. The van der Waals surface area contributed by atoms with Crippen molar-refractivity contribution in [1.82, 2.24) is 0 Å². The van der Waals surface area contributed by atoms with E-state index in [2.05, 4.69) is 19.2 Å². The summed E-state index contributed by atoms with van der Waals surface area (Å²) in [6.45, 7) is 4.88. The number of hydrogen-bond donors (Lipinski definition) is 2. The van der Waals surface area contributed by atoms with Crippen molar-refractivity contribution in [2.75, 3.05) is 17.6 Å². The summed E-state index contributed by atoms with van der Waals surface area (Å²) in [5.74, 6) is 0.473. The number of nitrogens with two attached hydrogens (primary N) is 1. The second-order valence-corrected chi connectivity index (χ2v) is 3.89. The molecule has 0 spiro atoms. The second-order valence-electron chi connectivity index (χ2n) is 3.89. The number of rotatable bonds is 5. The highest BCUT2D eigenvalue weighted by atomic mass is 16.6. The minimum atomic E-state index is -0.450. The largest absolute Gasteiger partial charge is 0.393 e. The summed E-state index contributed by atoms with van der Waals surface area (Å²) in [6.07, 6.45) is 1.03. The molecule has 3 N–H and O–H groups in total. The van der Waals surface area contributed by atoms with Crippen molar-refractivity contribution in [1.29, 1.82) is 0 Å². The number of nitrogens with zero attached hydrogens (tertiary/aromatic N) is 1. The Labute approximate surface area is 94.8 Å². The van der Waals surface area contributed by atoms with Gasteiger partial charge in [0, 0.05) is 6.54 Å². The van der Waals surface area contributed by atoms with Gasteiger partial charge in [0.15, 0.2) is 0 Å². The summed E-state index contributed by atoms with van der Waals surface area (Å²) in [7, 11) is 0. The Bertz CT molecular complexity index is 379. The minimum absolute atomic E-state index is 0.0363. The normalized spacial score (nSPS) is 12.1. The first-order valence-corrected chi connectivity index (χ1v) is 5.33. The molecule has 0 saturated carbocycles. The number of benzene rings is 1. The molecule has 0 aromatic heterocycles. The molecule has 0 saturated heterocycles. The van der Waals surface area contributed by atoms with Crippen molar-refractivity contribution in [2.24, 2.45) is 5.92 Å². The van der Waals surface area contributed by atoms with E-state index >= 15 is 0 Å². The molecule has 1 unspecified atom stereocenters. The second kappa shape index (κ2) is 5.34. The lowest BCUT2D eigenvalue weighted by atomic mass is 10.1. The quantitative estimate of drug-likeness (QED) is 0.456. The fraction of sp³-hybridized carbons (Fsp3) is 0.455. The molecule has 88 valence electrons. The molecule has 0 fully saturated rings. The van der Waals surface area contributed by atoms with Crippen LogP contribution in [-0.4, -0.2) is 11.5 Å². The molecular formula is C11H17N3O2. The SMILES string of the molecule is CCC(C)CNc1cccc(N)c1[N+](=O)[O-]. The lowest BCUT2D eigenvalue weighted by Crippen LogP contribution is -2.12. The molecular weight excluding hydrogens is 206 g/mol. The third-order valence-electron chi connectivity index (χ3n) is 2.59. The van der Waals surface area contributed by atoms with Gasteiger partial charge in [0.05, 0.1) is 4.92 Å². The van der Waals surface area contributed by atoms with E-state index in [1.165, 1.54) is 6.07 Å². The fourth-order valence-electron chi connectivity index (χ4n) is 1.34. The van der Waals surface area contributed by atoms with Crippen LogP contribution in [0.4, 0.5) is 17.1 Å². The summed E-state index contributed by atoms with van der Waals surface area (Å²) >= 11 is 0. The Morgan fingerprint density at radius 3 is 2.81 bits per heavy atom. The van der Waals surface area contributed by atoms with Crippen LogP contribution in [0.2, 0.25) is 0 Å². The number of anilines is 2. The number of nitro benzene ring substituents is 1. The van der Waals surface area contributed by atoms with Crippen molar-refractivity contribution >= 4 is 17.1 Å². The van der Waals surface area contributed by atoms with E-state index < -0.39 is 4.92 Å². The van der Waals surface area contributed by atoms with Gasteiger partial charge in [-0.25, -0.2) is 0 Å². The maximum absolute atomic E-state index is 10.8. The molecule has 0 heterocycles. The lowest BCUT2D eigenvalue weighted by molar-refractivity contribution is -0.383. The highest BCUT2D eigenvalue weighted by Gasteiger charge is 2.17. The first-order chi connectivity index (χ1) is 7.56. The molecule has 0 aliphatic rings. The zero-order valence-electron chi connectivity index (χ0n) is 9.56. The molecule has 0 aliphatic heterocycles. The first-order valence-electron chi connectivity index (χ1n) is 5.33. The number of nitrogen functional groups attached to an aromatic ring is 1. The summed E-state index contributed by atoms with van der Waals surface area (Å²) in [6, 6.07) is 4.92. The molecule has 5 nitrogen and oxygen atoms in total. The summed E-state index contributed by atoms with van der Waals surface area (Å²) in [5, 5.41) is 13.9. The van der Waals surface area contributed by atoms with Crippen molar-refractivity contribution in [3.05, 3.63) is 28.3 Å². The zero-order chi connectivity index (χ0) is 12.1. The van der Waals surface area contributed by atoms with Gasteiger partial charge in [0.2, 0.25) is 0 Å². The van der Waals surface area contributed by atoms with Crippen molar-refractivity contribution in [3.63, 3.8) is 0 Å². The van der Waals surface area contributed by atoms with Crippen LogP contribution in [0.3, 0.4) is 0 Å². The Kier molecular flexibility index (Phi) is 4.10. The molecule has 1 aromatic carbocycles. The zero-order valence-corrected chi connectivity index (χ0v) is 9.56. The summed E-state index contributed by atoms with van der Waals surface area (Å²) in [4.78, 5) is 10.4. The van der Waals surface area contributed by atoms with Crippen LogP contribution in [0.1, 0.15) is 20.3 Å². The van der Waals surface area contributed by atoms with Gasteiger partial charge in [-0.15, -0.1) is 0 Å². The Hall–Kier alpha value is -1.78. The van der Waals surface area contributed by atoms with Crippen molar-refractivity contribution in [3.8, 4) is 0 Å². The van der Waals surface area contributed by atoms with Gasteiger partial charge in [-0.2, -0.15) is 0 Å². The van der Waals surface area contributed by atoms with Crippen LogP contribution in [-0.2, 0) is 0 Å². The fourth-order valence-corrected chi connectivity index (χ4v) is 1.34. The summed E-state index contributed by atoms with van der Waals surface area (Å²) < 4.78 is 0. The maximum Gasteiger partial charge on any atom is 0.314 e. The predicted octanol–water partition coefficient (Wildman–Crippen LogP) is 2.63. The van der Waals surface area contributed by atoms with E-state index in [4.69, 9.17) is 5.73 Å². The number of hydrogen-bond acceptors (Lipinski definition) is 4. The van der Waals surface area contributed by atoms with Crippen LogP contribution in [0.15, 0.2) is 18.2 Å². The van der Waals surface area contributed by atoms with Crippen LogP contribution < -0.4 is 11.1 Å². The van der Waals surface area contributed by atoms with Crippen LogP contribution in [0.5, 0.6) is 0 Å². The average Bonchev–Trinajstić information content (AvgIpc) is 2.25. The minimum Gasteiger partial charge on any atom is -0.393 e. The van der Waals surface area contributed by atoms with Gasteiger partial charge in [0.1, 0.15) is 11.4 Å². The Morgan fingerprint density at radius 1 is 1.56 bits per heavy atom. The van der Waals surface area contributed by atoms with E-state index in [1.807, 2.05) is 0 Å². The maximum atomic E-state index is 10.8. The summed E-state index contributed by atoms with van der Waals surface area (Å²) in [5.41, 5.74) is 6.23. The van der Waals surface area contributed by atoms with Crippen LogP contribution >= 0.6 is 0 Å². The van der Waals surface area contributed by atoms with E-state index in [0.717, 1.165) is 6.42 Å². The lowest BCUT2D eigenvalue weighted by Gasteiger charge is -2.12. The third kappa shape index (κ3) is 2.85. The third-order valence-corrected chi connectivity index (χ3v) is 2.59. The molecule has 1 atom stereocenters. The van der Waals surface area contributed by atoms with Gasteiger partial charge in [0.25, 0.3) is 0 Å². The first kappa shape index (κ1) is 12.3. The number of nitro groups is 1. The van der Waals surface area contributed by atoms with Crippen molar-refractivity contribution in [2.45, 2.75) is 20.3 Å².